The van der Waals surface area contributed by atoms with Gasteiger partial charge < -0.3 is 0 Å². The van der Waals surface area contributed by atoms with Gasteiger partial charge in [-0.05, 0) is 0 Å². The Morgan fingerprint density at radius 3 is 2.37 bits per heavy atom. The molecule has 0 saturated carbocycles. The normalized spacial score (nSPS) is 21.2. The van der Waals surface area contributed by atoms with Crippen LogP contribution in [0.25, 0.3) is 0 Å². The minimum atomic E-state index is -0.555. The van der Waals surface area contributed by atoms with Crippen LogP contribution in [0.5, 0.6) is 0 Å². The van der Waals surface area contributed by atoms with Crippen LogP contribution in [0.3, 0.4) is 0 Å². The molecule has 0 radical (unpaired) electrons. The van der Waals surface area contributed by atoms with Crippen LogP contribution >= 0.6 is 0 Å². The summed E-state index contributed by atoms with van der Waals surface area (Å²) in [6.07, 6.45) is 4.87. The molecule has 4 nitrogen and oxygen atoms in total. The van der Waals surface area contributed by atoms with Gasteiger partial charge in [0.1, 0.15) is 0 Å². The molecule has 2 amide bonds. The number of hydrogen-bond acceptors (Lipinski definition) is 3. The number of amides is 2. The maximum absolute atomic E-state index is 13.2. The maximum atomic E-state index is 13.2. The molecule has 0 saturated heterocycles. The van der Waals surface area contributed by atoms with Crippen molar-refractivity contribution in [2.45, 2.75) is 37.2 Å². The summed E-state index contributed by atoms with van der Waals surface area (Å²) in [5, 5.41) is 0. The van der Waals surface area contributed by atoms with Gasteiger partial charge in [0.15, 0.2) is 0 Å². The van der Waals surface area contributed by atoms with Crippen LogP contribution in [0, 0.1) is 0 Å². The van der Waals surface area contributed by atoms with Crippen LogP contribution in [0.1, 0.15) is 25.3 Å². The fourth-order valence-corrected chi connectivity index (χ4v) is 5.15. The van der Waals surface area contributed by atoms with Crippen LogP contribution in [-0.4, -0.2) is 37.9 Å². The zero-order chi connectivity index (χ0) is 19.1. The van der Waals surface area contributed by atoms with Crippen LogP contribution in [0.4, 0.5) is 4.79 Å². The molecular formula is C22H23NO3Se. The molecule has 1 heterocycles. The van der Waals surface area contributed by atoms with Gasteiger partial charge in [0.05, 0.1) is 0 Å². The molecule has 0 aromatic heterocycles. The molecule has 2 aromatic carbocycles. The molecule has 2 atom stereocenters. The summed E-state index contributed by atoms with van der Waals surface area (Å²) in [5.74, 6) is -0.131. The predicted molar refractivity (Wildman–Crippen MR) is 107 cm³/mol. The van der Waals surface area contributed by atoms with Gasteiger partial charge in [-0.1, -0.05) is 0 Å². The van der Waals surface area contributed by atoms with E-state index in [1.807, 2.05) is 67.6 Å². The summed E-state index contributed by atoms with van der Waals surface area (Å²) in [4.78, 5) is 27.0. The second kappa shape index (κ2) is 9.54. The van der Waals surface area contributed by atoms with Gasteiger partial charge in [-0.3, -0.25) is 0 Å². The molecule has 5 heteroatoms. The summed E-state index contributed by atoms with van der Waals surface area (Å²) in [5.41, 5.74) is 0.906. The standard InChI is InChI=1S/C22H23NO3Se/c1-17-10-8-9-15-20(27-19-13-6-3-7-14-19)21(24)23(17)22(25)26-16-18-11-4-2-5-12-18/h2-9,11-14,17,20H,10,15-16H2,1H3/b9-8-/t17-,20-/m0/s1. The van der Waals surface area contributed by atoms with E-state index in [1.165, 1.54) is 4.90 Å². The van der Waals surface area contributed by atoms with Crippen molar-refractivity contribution in [1.82, 2.24) is 4.90 Å². The third-order valence-corrected chi connectivity index (χ3v) is 6.94. The monoisotopic (exact) mass is 429 g/mol. The van der Waals surface area contributed by atoms with E-state index in [0.717, 1.165) is 10.0 Å². The first-order chi connectivity index (χ1) is 13.1. The number of nitrogens with zero attached hydrogens (tertiary/aromatic N) is 1. The Morgan fingerprint density at radius 2 is 1.67 bits per heavy atom. The first-order valence-electron chi connectivity index (χ1n) is 9.05. The van der Waals surface area contributed by atoms with Crippen molar-refractivity contribution in [1.29, 1.82) is 0 Å². The predicted octanol–water partition coefficient (Wildman–Crippen LogP) is 3.71. The molecule has 0 unspecified atom stereocenters. The topological polar surface area (TPSA) is 46.6 Å². The van der Waals surface area contributed by atoms with Gasteiger partial charge in [-0.2, -0.15) is 0 Å². The quantitative estimate of drug-likeness (QED) is 0.551. The van der Waals surface area contributed by atoms with Gasteiger partial charge >= 0.3 is 166 Å². The van der Waals surface area contributed by atoms with Crippen LogP contribution in [-0.2, 0) is 16.1 Å². The molecule has 2 aromatic rings. The van der Waals surface area contributed by atoms with Crippen molar-refractivity contribution >= 4 is 31.4 Å². The average molecular weight is 428 g/mol. The van der Waals surface area contributed by atoms with E-state index in [1.54, 1.807) is 0 Å². The second-order valence-electron chi connectivity index (χ2n) is 6.46. The SMILES string of the molecule is C[C@H]1C/C=C\C[C@H]([Se]c2ccccc2)C(=O)N1C(=O)OCc1ccccc1. The fourth-order valence-electron chi connectivity index (χ4n) is 2.91. The second-order valence-corrected chi connectivity index (χ2v) is 9.14. The molecule has 0 N–H and O–H groups in total. The van der Waals surface area contributed by atoms with Crippen molar-refractivity contribution in [3.05, 3.63) is 78.4 Å². The minimum absolute atomic E-state index is 0.0439. The van der Waals surface area contributed by atoms with Gasteiger partial charge in [0.2, 0.25) is 0 Å². The van der Waals surface area contributed by atoms with Gasteiger partial charge in [-0.15, -0.1) is 0 Å². The van der Waals surface area contributed by atoms with E-state index in [-0.39, 0.29) is 38.3 Å². The van der Waals surface area contributed by atoms with E-state index < -0.39 is 6.09 Å². The molecule has 0 bridgehead atoms. The summed E-state index contributed by atoms with van der Waals surface area (Å²) < 4.78 is 6.61. The number of carbonyl (C=O) groups excluding carboxylic acids is 2. The number of allylic oxidation sites excluding steroid dienone is 1. The van der Waals surface area contributed by atoms with Crippen LogP contribution in [0.15, 0.2) is 72.8 Å². The Labute approximate surface area is 166 Å². The Bertz CT molecular complexity index is 792. The molecule has 140 valence electrons. The molecule has 3 rings (SSSR count). The van der Waals surface area contributed by atoms with Crippen molar-refractivity contribution < 1.29 is 14.3 Å². The average Bonchev–Trinajstić information content (AvgIpc) is 2.69. The Morgan fingerprint density at radius 1 is 1.04 bits per heavy atom. The van der Waals surface area contributed by atoms with Gasteiger partial charge in [0.25, 0.3) is 0 Å². The fraction of sp³-hybridized carbons (Fsp3) is 0.273. The van der Waals surface area contributed by atoms with E-state index in [0.29, 0.717) is 12.8 Å². The van der Waals surface area contributed by atoms with Crippen molar-refractivity contribution in [3.8, 4) is 0 Å². The van der Waals surface area contributed by atoms with Crippen LogP contribution < -0.4 is 4.46 Å². The zero-order valence-corrected chi connectivity index (χ0v) is 17.0. The molecule has 27 heavy (non-hydrogen) atoms. The number of hydrogen-bond donors (Lipinski definition) is 0. The molecule has 0 aliphatic carbocycles. The molecule has 0 spiro atoms. The third-order valence-electron chi connectivity index (χ3n) is 4.37. The third kappa shape index (κ3) is 5.31. The van der Waals surface area contributed by atoms with Crippen molar-refractivity contribution in [2.24, 2.45) is 0 Å². The summed E-state index contributed by atoms with van der Waals surface area (Å²) in [6.45, 7) is 2.06. The Hall–Kier alpha value is -2.36. The van der Waals surface area contributed by atoms with Gasteiger partial charge in [0, 0.05) is 0 Å². The molecule has 1 aliphatic rings. The zero-order valence-electron chi connectivity index (χ0n) is 15.3. The van der Waals surface area contributed by atoms with Crippen molar-refractivity contribution in [3.63, 3.8) is 0 Å². The number of ether oxygens (including phenoxy) is 1. The first kappa shape index (κ1) is 19.4. The first-order valence-corrected chi connectivity index (χ1v) is 10.9. The van der Waals surface area contributed by atoms with E-state index >= 15 is 0 Å². The number of carbonyl (C=O) groups is 2. The summed E-state index contributed by atoms with van der Waals surface area (Å²) >= 11 is -0.0439. The van der Waals surface area contributed by atoms with Crippen molar-refractivity contribution in [2.75, 3.05) is 0 Å². The molecular weight excluding hydrogens is 405 g/mol. The van der Waals surface area contributed by atoms with E-state index in [4.69, 9.17) is 4.74 Å². The summed E-state index contributed by atoms with van der Waals surface area (Å²) in [6, 6.07) is 19.3. The summed E-state index contributed by atoms with van der Waals surface area (Å²) in [7, 11) is 0. The molecule has 0 fully saturated rings. The number of benzene rings is 2. The van der Waals surface area contributed by atoms with E-state index in [2.05, 4.69) is 12.2 Å². The number of rotatable bonds is 4. The van der Waals surface area contributed by atoms with E-state index in [9.17, 15) is 9.59 Å². The number of imide groups is 1. The Balaban J connectivity index is 1.73. The van der Waals surface area contributed by atoms with Gasteiger partial charge in [-0.25, -0.2) is 0 Å². The Kier molecular flexibility index (Phi) is 6.85. The van der Waals surface area contributed by atoms with Crippen LogP contribution in [0.2, 0.25) is 4.82 Å². The molecule has 1 aliphatic heterocycles.